The monoisotopic (exact) mass is 266 g/mol. The lowest BCUT2D eigenvalue weighted by molar-refractivity contribution is 0.199. The number of likely N-dealkylation sites (N-methyl/N-ethyl adjacent to an activating group) is 1. The zero-order valence-electron chi connectivity index (χ0n) is 12.6. The molecule has 1 aromatic rings. The van der Waals surface area contributed by atoms with Crippen LogP contribution in [0.3, 0.4) is 0 Å². The van der Waals surface area contributed by atoms with Crippen molar-refractivity contribution < 1.29 is 9.47 Å². The van der Waals surface area contributed by atoms with E-state index in [4.69, 9.17) is 15.2 Å². The summed E-state index contributed by atoms with van der Waals surface area (Å²) in [5, 5.41) is 3.12. The van der Waals surface area contributed by atoms with Crippen LogP contribution in [0.5, 0.6) is 11.5 Å². The Bertz CT molecular complexity index is 403. The second-order valence-electron chi connectivity index (χ2n) is 5.18. The van der Waals surface area contributed by atoms with Gasteiger partial charge in [-0.15, -0.1) is 0 Å². The first kappa shape index (κ1) is 15.6. The Kier molecular flexibility index (Phi) is 5.96. The molecule has 0 bridgehead atoms. The number of anilines is 1. The Morgan fingerprint density at radius 3 is 2.05 bits per heavy atom. The van der Waals surface area contributed by atoms with Gasteiger partial charge in [0.05, 0.1) is 12.2 Å². The highest BCUT2D eigenvalue weighted by molar-refractivity contribution is 5.58. The van der Waals surface area contributed by atoms with Crippen LogP contribution in [0.25, 0.3) is 0 Å². The van der Waals surface area contributed by atoms with E-state index in [9.17, 15) is 0 Å². The number of hydrogen-bond acceptors (Lipinski definition) is 4. The fourth-order valence-corrected chi connectivity index (χ4v) is 1.79. The van der Waals surface area contributed by atoms with Crippen LogP contribution in [-0.4, -0.2) is 25.8 Å². The molecule has 1 aromatic carbocycles. The lowest BCUT2D eigenvalue weighted by atomic mass is 10.1. The molecule has 0 saturated heterocycles. The van der Waals surface area contributed by atoms with Gasteiger partial charge in [0.25, 0.3) is 0 Å². The van der Waals surface area contributed by atoms with E-state index in [0.29, 0.717) is 0 Å². The van der Waals surface area contributed by atoms with Crippen molar-refractivity contribution in [1.29, 1.82) is 0 Å². The summed E-state index contributed by atoms with van der Waals surface area (Å²) in [6.45, 7) is 8.87. The second-order valence-corrected chi connectivity index (χ2v) is 5.18. The van der Waals surface area contributed by atoms with Gasteiger partial charge in [-0.2, -0.15) is 0 Å². The molecule has 0 radical (unpaired) electrons. The summed E-state index contributed by atoms with van der Waals surface area (Å²) in [5.41, 5.74) is 7.91. The number of nitrogens with one attached hydrogen (secondary N) is 1. The summed E-state index contributed by atoms with van der Waals surface area (Å²) in [6, 6.07) is 3.85. The molecular formula is C15H26N2O2. The van der Waals surface area contributed by atoms with Crippen LogP contribution in [0.1, 0.15) is 33.3 Å². The van der Waals surface area contributed by atoms with E-state index in [0.717, 1.165) is 35.7 Å². The maximum Gasteiger partial charge on any atom is 0.163 e. The fourth-order valence-electron chi connectivity index (χ4n) is 1.79. The number of benzene rings is 1. The summed E-state index contributed by atoms with van der Waals surface area (Å²) >= 11 is 0. The molecule has 0 heterocycles. The minimum atomic E-state index is 0.0945. The van der Waals surface area contributed by atoms with Gasteiger partial charge < -0.3 is 20.5 Å². The first-order valence-corrected chi connectivity index (χ1v) is 6.84. The summed E-state index contributed by atoms with van der Waals surface area (Å²) in [7, 11) is 1.93. The number of ether oxygens (including phenoxy) is 2. The number of hydrogen-bond donors (Lipinski definition) is 2. The molecule has 3 N–H and O–H groups in total. The molecule has 0 fully saturated rings. The Balaban J connectivity index is 3.05. The lowest BCUT2D eigenvalue weighted by Crippen LogP contribution is -2.14. The molecular weight excluding hydrogens is 240 g/mol. The van der Waals surface area contributed by atoms with Crippen molar-refractivity contribution in [2.24, 2.45) is 0 Å². The van der Waals surface area contributed by atoms with Crippen molar-refractivity contribution in [3.8, 4) is 11.5 Å². The first-order valence-electron chi connectivity index (χ1n) is 6.84. The summed E-state index contributed by atoms with van der Waals surface area (Å²) < 4.78 is 11.6. The van der Waals surface area contributed by atoms with Gasteiger partial charge in [0.2, 0.25) is 0 Å². The van der Waals surface area contributed by atoms with Crippen LogP contribution < -0.4 is 20.5 Å². The normalized spacial score (nSPS) is 11.1. The molecule has 0 amide bonds. The van der Waals surface area contributed by atoms with Crippen molar-refractivity contribution in [2.75, 3.05) is 19.3 Å². The second kappa shape index (κ2) is 7.24. The quantitative estimate of drug-likeness (QED) is 0.745. The van der Waals surface area contributed by atoms with E-state index in [1.807, 2.05) is 46.9 Å². The van der Waals surface area contributed by atoms with Crippen LogP contribution in [0, 0.1) is 0 Å². The Morgan fingerprint density at radius 2 is 1.58 bits per heavy atom. The van der Waals surface area contributed by atoms with Crippen molar-refractivity contribution >= 4 is 5.69 Å². The Morgan fingerprint density at radius 1 is 1.05 bits per heavy atom. The van der Waals surface area contributed by atoms with E-state index >= 15 is 0 Å². The van der Waals surface area contributed by atoms with Crippen LogP contribution in [-0.2, 0) is 6.42 Å². The maximum atomic E-state index is 6.07. The van der Waals surface area contributed by atoms with Gasteiger partial charge in [-0.1, -0.05) is 0 Å². The highest BCUT2D eigenvalue weighted by atomic mass is 16.5. The van der Waals surface area contributed by atoms with Crippen LogP contribution in [0.15, 0.2) is 12.1 Å². The molecule has 108 valence electrons. The maximum absolute atomic E-state index is 6.07. The molecule has 0 saturated carbocycles. The van der Waals surface area contributed by atoms with Crippen molar-refractivity contribution in [2.45, 2.75) is 46.3 Å². The molecule has 0 spiro atoms. The first-order chi connectivity index (χ1) is 8.93. The van der Waals surface area contributed by atoms with Gasteiger partial charge in [0, 0.05) is 11.8 Å². The summed E-state index contributed by atoms with van der Waals surface area (Å²) in [5.74, 6) is 1.48. The zero-order chi connectivity index (χ0) is 14.4. The van der Waals surface area contributed by atoms with Gasteiger partial charge in [0.15, 0.2) is 11.5 Å². The average Bonchev–Trinajstić information content (AvgIpc) is 2.29. The van der Waals surface area contributed by atoms with Gasteiger partial charge >= 0.3 is 0 Å². The van der Waals surface area contributed by atoms with Crippen molar-refractivity contribution in [1.82, 2.24) is 5.32 Å². The molecule has 0 aliphatic rings. The van der Waals surface area contributed by atoms with Gasteiger partial charge in [0.1, 0.15) is 0 Å². The minimum absolute atomic E-state index is 0.0945. The van der Waals surface area contributed by atoms with Gasteiger partial charge in [-0.3, -0.25) is 0 Å². The summed E-state index contributed by atoms with van der Waals surface area (Å²) in [4.78, 5) is 0. The topological polar surface area (TPSA) is 56.5 Å². The Labute approximate surface area is 116 Å². The smallest absolute Gasteiger partial charge is 0.163 e. The van der Waals surface area contributed by atoms with E-state index in [-0.39, 0.29) is 12.2 Å². The lowest BCUT2D eigenvalue weighted by Gasteiger charge is -2.19. The van der Waals surface area contributed by atoms with E-state index in [2.05, 4.69) is 5.32 Å². The highest BCUT2D eigenvalue weighted by Crippen LogP contribution is 2.34. The van der Waals surface area contributed by atoms with E-state index in [1.54, 1.807) is 0 Å². The molecule has 0 atom stereocenters. The minimum Gasteiger partial charge on any atom is -0.487 e. The molecule has 0 unspecified atom stereocenters. The van der Waals surface area contributed by atoms with Crippen molar-refractivity contribution in [3.63, 3.8) is 0 Å². The molecule has 4 heteroatoms. The molecule has 0 aliphatic carbocycles. The van der Waals surface area contributed by atoms with Crippen LogP contribution in [0.2, 0.25) is 0 Å². The largest absolute Gasteiger partial charge is 0.487 e. The van der Waals surface area contributed by atoms with Crippen molar-refractivity contribution in [3.05, 3.63) is 17.7 Å². The van der Waals surface area contributed by atoms with Gasteiger partial charge in [-0.25, -0.2) is 0 Å². The highest BCUT2D eigenvalue weighted by Gasteiger charge is 2.13. The van der Waals surface area contributed by atoms with Gasteiger partial charge in [-0.05, 0) is 59.3 Å². The van der Waals surface area contributed by atoms with E-state index < -0.39 is 0 Å². The summed E-state index contributed by atoms with van der Waals surface area (Å²) in [6.07, 6.45) is 1.08. The predicted molar refractivity (Wildman–Crippen MR) is 80.0 cm³/mol. The molecule has 19 heavy (non-hydrogen) atoms. The molecule has 1 rings (SSSR count). The molecule has 0 aliphatic heterocycles. The average molecular weight is 266 g/mol. The van der Waals surface area contributed by atoms with Crippen LogP contribution >= 0.6 is 0 Å². The number of nitrogen functional groups attached to an aromatic ring is 1. The standard InChI is InChI=1S/C15H26N2O2/c1-10(2)18-14-8-12(6-7-17-5)13(16)9-15(14)19-11(3)4/h8-11,17H,6-7,16H2,1-5H3. The number of rotatable bonds is 7. The predicted octanol–water partition coefficient (Wildman–Crippen LogP) is 2.61. The fraction of sp³-hybridized carbons (Fsp3) is 0.600. The SMILES string of the molecule is CNCCc1cc(OC(C)C)c(OC(C)C)cc1N. The van der Waals surface area contributed by atoms with E-state index in [1.165, 1.54) is 0 Å². The Hall–Kier alpha value is -1.42. The third-order valence-corrected chi connectivity index (χ3v) is 2.58. The third-order valence-electron chi connectivity index (χ3n) is 2.58. The third kappa shape index (κ3) is 4.99. The molecule has 4 nitrogen and oxygen atoms in total. The number of nitrogens with two attached hydrogens (primary N) is 1. The molecule has 0 aromatic heterocycles. The zero-order valence-corrected chi connectivity index (χ0v) is 12.6. The van der Waals surface area contributed by atoms with Crippen LogP contribution in [0.4, 0.5) is 5.69 Å².